The summed E-state index contributed by atoms with van der Waals surface area (Å²) in [6.07, 6.45) is 5.72. The molecule has 0 saturated heterocycles. The zero-order chi connectivity index (χ0) is 11.1. The van der Waals surface area contributed by atoms with Crippen molar-refractivity contribution in [1.29, 1.82) is 0 Å². The molecule has 1 atom stereocenters. The number of allylic oxidation sites excluding steroid dienone is 1. The Morgan fingerprint density at radius 3 is 2.80 bits per heavy atom. The molecule has 0 aromatic rings. The first-order chi connectivity index (χ1) is 7.01. The molecule has 6 nitrogen and oxygen atoms in total. The molecule has 0 aromatic carbocycles. The van der Waals surface area contributed by atoms with Gasteiger partial charge in [0.25, 0.3) is 5.70 Å². The van der Waals surface area contributed by atoms with Crippen molar-refractivity contribution in [3.05, 3.63) is 33.8 Å². The van der Waals surface area contributed by atoms with Gasteiger partial charge in [-0.3, -0.25) is 10.1 Å². The molecule has 0 bridgehead atoms. The highest BCUT2D eigenvalue weighted by Crippen LogP contribution is 2.37. The van der Waals surface area contributed by atoms with Crippen LogP contribution in [0.3, 0.4) is 0 Å². The third-order valence-corrected chi connectivity index (χ3v) is 2.81. The summed E-state index contributed by atoms with van der Waals surface area (Å²) in [5.41, 5.74) is 11.3. The summed E-state index contributed by atoms with van der Waals surface area (Å²) in [6, 6.07) is 0. The number of hydrogen-bond acceptors (Lipinski definition) is 5. The minimum atomic E-state index is -0.805. The molecule has 1 saturated carbocycles. The van der Waals surface area contributed by atoms with Gasteiger partial charge in [0.2, 0.25) is 0 Å². The second-order valence-corrected chi connectivity index (χ2v) is 4.19. The van der Waals surface area contributed by atoms with Crippen LogP contribution in [0.25, 0.3) is 0 Å². The zero-order valence-corrected chi connectivity index (χ0v) is 8.27. The van der Waals surface area contributed by atoms with E-state index in [0.29, 0.717) is 11.6 Å². The summed E-state index contributed by atoms with van der Waals surface area (Å²) in [5, 5.41) is 13.3. The Labute approximate surface area is 87.2 Å². The van der Waals surface area contributed by atoms with Crippen LogP contribution in [0.1, 0.15) is 19.3 Å². The highest BCUT2D eigenvalue weighted by atomic mass is 16.6. The minimum Gasteiger partial charge on any atom is -0.399 e. The van der Waals surface area contributed by atoms with Crippen molar-refractivity contribution in [2.24, 2.45) is 17.4 Å². The Balaban J connectivity index is 2.13. The fraction of sp³-hybridized carbons (Fsp3) is 0.556. The van der Waals surface area contributed by atoms with E-state index in [1.807, 2.05) is 0 Å². The van der Waals surface area contributed by atoms with Crippen LogP contribution in [0.4, 0.5) is 0 Å². The van der Waals surface area contributed by atoms with E-state index in [9.17, 15) is 10.1 Å². The molecule has 15 heavy (non-hydrogen) atoms. The van der Waals surface area contributed by atoms with E-state index in [1.54, 1.807) is 0 Å². The van der Waals surface area contributed by atoms with Gasteiger partial charge in [-0.25, -0.2) is 0 Å². The predicted octanol–water partition coefficient (Wildman–Crippen LogP) is 0.00540. The zero-order valence-electron chi connectivity index (χ0n) is 8.27. The Hall–Kier alpha value is -1.56. The summed E-state index contributed by atoms with van der Waals surface area (Å²) in [6.45, 7) is 0. The van der Waals surface area contributed by atoms with E-state index in [-0.39, 0.29) is 5.70 Å². The van der Waals surface area contributed by atoms with Crippen LogP contribution in [0.15, 0.2) is 23.7 Å². The number of rotatable bonds is 3. The molecule has 0 aromatic heterocycles. The third kappa shape index (κ3) is 1.94. The summed E-state index contributed by atoms with van der Waals surface area (Å²) < 4.78 is 0. The van der Waals surface area contributed by atoms with E-state index in [1.165, 1.54) is 25.1 Å². The second-order valence-electron chi connectivity index (χ2n) is 4.19. The maximum atomic E-state index is 10.5. The second kappa shape index (κ2) is 3.23. The molecule has 0 amide bonds. The number of nitrogens with zero attached hydrogens (tertiary/aromatic N) is 1. The normalized spacial score (nSPS) is 30.2. The summed E-state index contributed by atoms with van der Waals surface area (Å²) in [4.78, 5) is 10.0. The molecule has 1 aliphatic carbocycles. The van der Waals surface area contributed by atoms with E-state index in [0.717, 1.165) is 6.42 Å². The molecule has 0 radical (unpaired) electrons. The quantitative estimate of drug-likeness (QED) is 0.449. The van der Waals surface area contributed by atoms with Crippen molar-refractivity contribution >= 4 is 0 Å². The average molecular weight is 210 g/mol. The van der Waals surface area contributed by atoms with Gasteiger partial charge in [0, 0.05) is 6.08 Å². The molecule has 1 aliphatic heterocycles. The lowest BCUT2D eigenvalue weighted by Crippen LogP contribution is -2.57. The number of hydrogen-bond donors (Lipinski definition) is 3. The summed E-state index contributed by atoms with van der Waals surface area (Å²) in [7, 11) is 0. The van der Waals surface area contributed by atoms with Crippen LogP contribution in [0, 0.1) is 16.0 Å². The van der Waals surface area contributed by atoms with Crippen LogP contribution in [-0.2, 0) is 0 Å². The van der Waals surface area contributed by atoms with Crippen LogP contribution in [0.5, 0.6) is 0 Å². The lowest BCUT2D eigenvalue weighted by molar-refractivity contribution is -0.420. The fourth-order valence-corrected chi connectivity index (χ4v) is 1.68. The maximum Gasteiger partial charge on any atom is 0.286 e. The van der Waals surface area contributed by atoms with E-state index < -0.39 is 10.6 Å². The number of nitrogens with one attached hydrogen (secondary N) is 1. The molecule has 1 fully saturated rings. The number of nitro groups is 1. The van der Waals surface area contributed by atoms with Crippen LogP contribution >= 0.6 is 0 Å². The van der Waals surface area contributed by atoms with Gasteiger partial charge in [-0.15, -0.1) is 0 Å². The monoisotopic (exact) mass is 210 g/mol. The van der Waals surface area contributed by atoms with Gasteiger partial charge in [0.1, 0.15) is 5.66 Å². The summed E-state index contributed by atoms with van der Waals surface area (Å²) in [5.74, 6) is 0.597. The largest absolute Gasteiger partial charge is 0.399 e. The first-order valence-corrected chi connectivity index (χ1v) is 4.90. The van der Waals surface area contributed by atoms with Crippen LogP contribution in [0.2, 0.25) is 0 Å². The van der Waals surface area contributed by atoms with Crippen molar-refractivity contribution < 1.29 is 4.92 Å². The molecule has 5 N–H and O–H groups in total. The van der Waals surface area contributed by atoms with Crippen molar-refractivity contribution in [1.82, 2.24) is 5.32 Å². The molecule has 1 unspecified atom stereocenters. The highest BCUT2D eigenvalue weighted by molar-refractivity contribution is 5.29. The van der Waals surface area contributed by atoms with Gasteiger partial charge in [0.05, 0.1) is 16.8 Å². The maximum absolute atomic E-state index is 10.5. The smallest absolute Gasteiger partial charge is 0.286 e. The Morgan fingerprint density at radius 2 is 2.33 bits per heavy atom. The standard InChI is InChI=1S/C9H14N4O2/c10-8-3-7(13(14)15)5-12-9(8,11)4-6-1-2-6/h3,5-6,12H,1-2,4,10-11H2. The molecule has 1 heterocycles. The van der Waals surface area contributed by atoms with Gasteiger partial charge in [0.15, 0.2) is 0 Å². The van der Waals surface area contributed by atoms with Crippen LogP contribution in [-0.4, -0.2) is 10.6 Å². The Kier molecular flexibility index (Phi) is 2.15. The van der Waals surface area contributed by atoms with E-state index in [2.05, 4.69) is 5.32 Å². The highest BCUT2D eigenvalue weighted by Gasteiger charge is 2.38. The van der Waals surface area contributed by atoms with Crippen molar-refractivity contribution in [3.8, 4) is 0 Å². The molecule has 0 spiro atoms. The molecule has 6 heteroatoms. The fourth-order valence-electron chi connectivity index (χ4n) is 1.68. The first kappa shape index (κ1) is 9.97. The van der Waals surface area contributed by atoms with Gasteiger partial charge >= 0.3 is 0 Å². The number of nitrogens with two attached hydrogens (primary N) is 2. The minimum absolute atomic E-state index is 0.0515. The van der Waals surface area contributed by atoms with Gasteiger partial charge < -0.3 is 16.8 Å². The molecule has 2 aliphatic rings. The van der Waals surface area contributed by atoms with Crippen molar-refractivity contribution in [3.63, 3.8) is 0 Å². The average Bonchev–Trinajstić information content (AvgIpc) is 2.93. The summed E-state index contributed by atoms with van der Waals surface area (Å²) >= 11 is 0. The lowest BCUT2D eigenvalue weighted by Gasteiger charge is -2.32. The first-order valence-electron chi connectivity index (χ1n) is 4.90. The van der Waals surface area contributed by atoms with Gasteiger partial charge in [-0.2, -0.15) is 0 Å². The molecule has 82 valence electrons. The Morgan fingerprint density at radius 1 is 1.67 bits per heavy atom. The van der Waals surface area contributed by atoms with Crippen molar-refractivity contribution in [2.45, 2.75) is 24.9 Å². The third-order valence-electron chi connectivity index (χ3n) is 2.81. The van der Waals surface area contributed by atoms with Crippen LogP contribution < -0.4 is 16.8 Å². The van der Waals surface area contributed by atoms with Gasteiger partial charge in [-0.1, -0.05) is 12.8 Å². The molecule has 2 rings (SSSR count). The lowest BCUT2D eigenvalue weighted by atomic mass is 9.97. The number of dihydropyridines is 1. The van der Waals surface area contributed by atoms with E-state index >= 15 is 0 Å². The molecular weight excluding hydrogens is 196 g/mol. The van der Waals surface area contributed by atoms with Gasteiger partial charge in [-0.05, 0) is 12.3 Å². The Bertz CT molecular complexity index is 359. The SMILES string of the molecule is NC1=CC([N+](=O)[O-])=CNC1(N)CC1CC1. The molecular formula is C9H14N4O2. The topological polar surface area (TPSA) is 107 Å². The predicted molar refractivity (Wildman–Crippen MR) is 54.7 cm³/mol. The van der Waals surface area contributed by atoms with E-state index in [4.69, 9.17) is 11.5 Å². The van der Waals surface area contributed by atoms with Crippen molar-refractivity contribution in [2.75, 3.05) is 0 Å².